The SMILES string of the molecule is COc1ccccc1Oc1ncnc(Nc2cc(C)ccn2)c1N. The maximum atomic E-state index is 6.13. The number of para-hydroxylation sites is 2. The molecule has 0 unspecified atom stereocenters. The Morgan fingerprint density at radius 3 is 2.58 bits per heavy atom. The zero-order valence-corrected chi connectivity index (χ0v) is 13.4. The summed E-state index contributed by atoms with van der Waals surface area (Å²) in [4.78, 5) is 12.5. The van der Waals surface area contributed by atoms with E-state index in [9.17, 15) is 0 Å². The van der Waals surface area contributed by atoms with Crippen molar-refractivity contribution in [2.75, 3.05) is 18.2 Å². The van der Waals surface area contributed by atoms with Gasteiger partial charge in [0.1, 0.15) is 17.8 Å². The van der Waals surface area contributed by atoms with Gasteiger partial charge >= 0.3 is 0 Å². The Morgan fingerprint density at radius 2 is 1.83 bits per heavy atom. The summed E-state index contributed by atoms with van der Waals surface area (Å²) in [6, 6.07) is 11.1. The van der Waals surface area contributed by atoms with Crippen molar-refractivity contribution in [3.05, 3.63) is 54.5 Å². The van der Waals surface area contributed by atoms with Crippen LogP contribution in [0.4, 0.5) is 17.3 Å². The highest BCUT2D eigenvalue weighted by atomic mass is 16.5. The van der Waals surface area contributed by atoms with Gasteiger partial charge in [-0.3, -0.25) is 0 Å². The van der Waals surface area contributed by atoms with Crippen molar-refractivity contribution in [3.8, 4) is 17.4 Å². The normalized spacial score (nSPS) is 10.2. The molecular weight excluding hydrogens is 306 g/mol. The highest BCUT2D eigenvalue weighted by molar-refractivity contribution is 5.71. The number of hydrogen-bond acceptors (Lipinski definition) is 7. The molecular formula is C17H17N5O2. The molecule has 24 heavy (non-hydrogen) atoms. The number of nitrogen functional groups attached to an aromatic ring is 1. The molecule has 0 fully saturated rings. The van der Waals surface area contributed by atoms with Gasteiger partial charge in [0.05, 0.1) is 7.11 Å². The third kappa shape index (κ3) is 3.35. The summed E-state index contributed by atoms with van der Waals surface area (Å²) in [6.07, 6.45) is 3.08. The number of nitrogens with two attached hydrogens (primary N) is 1. The van der Waals surface area contributed by atoms with Gasteiger partial charge in [-0.2, -0.15) is 4.98 Å². The van der Waals surface area contributed by atoms with Crippen LogP contribution >= 0.6 is 0 Å². The first-order valence-corrected chi connectivity index (χ1v) is 7.28. The molecule has 0 atom stereocenters. The summed E-state index contributed by atoms with van der Waals surface area (Å²) >= 11 is 0. The number of ether oxygens (including phenoxy) is 2. The van der Waals surface area contributed by atoms with E-state index in [1.54, 1.807) is 25.4 Å². The Balaban J connectivity index is 1.88. The lowest BCUT2D eigenvalue weighted by Gasteiger charge is -2.13. The molecule has 2 heterocycles. The van der Waals surface area contributed by atoms with Crippen molar-refractivity contribution in [3.63, 3.8) is 0 Å². The second-order valence-corrected chi connectivity index (χ2v) is 5.04. The van der Waals surface area contributed by atoms with E-state index in [0.29, 0.717) is 23.1 Å². The van der Waals surface area contributed by atoms with E-state index in [0.717, 1.165) is 5.56 Å². The maximum Gasteiger partial charge on any atom is 0.248 e. The number of pyridine rings is 1. The molecule has 2 aromatic heterocycles. The van der Waals surface area contributed by atoms with Crippen LogP contribution in [0, 0.1) is 6.92 Å². The molecule has 7 heteroatoms. The third-order valence-electron chi connectivity index (χ3n) is 3.28. The Labute approximate surface area is 139 Å². The van der Waals surface area contributed by atoms with Crippen LogP contribution in [-0.2, 0) is 0 Å². The molecule has 3 N–H and O–H groups in total. The molecule has 3 aromatic rings. The molecule has 0 aliphatic heterocycles. The Hall–Kier alpha value is -3.35. The Kier molecular flexibility index (Phi) is 4.42. The van der Waals surface area contributed by atoms with Gasteiger partial charge < -0.3 is 20.5 Å². The lowest BCUT2D eigenvalue weighted by molar-refractivity contribution is 0.374. The number of nitrogens with one attached hydrogen (secondary N) is 1. The predicted octanol–water partition coefficient (Wildman–Crippen LogP) is 3.31. The van der Waals surface area contributed by atoms with E-state index in [1.807, 2.05) is 31.2 Å². The van der Waals surface area contributed by atoms with Crippen molar-refractivity contribution in [2.45, 2.75) is 6.92 Å². The zero-order chi connectivity index (χ0) is 16.9. The van der Waals surface area contributed by atoms with Crippen LogP contribution in [0.15, 0.2) is 48.9 Å². The fraction of sp³-hybridized carbons (Fsp3) is 0.118. The first-order chi connectivity index (χ1) is 11.7. The second-order valence-electron chi connectivity index (χ2n) is 5.04. The minimum Gasteiger partial charge on any atom is -0.493 e. The van der Waals surface area contributed by atoms with Crippen molar-refractivity contribution in [1.29, 1.82) is 0 Å². The summed E-state index contributed by atoms with van der Waals surface area (Å²) in [5, 5.41) is 3.07. The number of rotatable bonds is 5. The highest BCUT2D eigenvalue weighted by Gasteiger charge is 2.13. The largest absolute Gasteiger partial charge is 0.493 e. The number of nitrogens with zero attached hydrogens (tertiary/aromatic N) is 3. The van der Waals surface area contributed by atoms with Gasteiger partial charge in [-0.05, 0) is 36.8 Å². The van der Waals surface area contributed by atoms with E-state index >= 15 is 0 Å². The number of benzene rings is 1. The summed E-state index contributed by atoms with van der Waals surface area (Å²) in [7, 11) is 1.57. The lowest BCUT2D eigenvalue weighted by atomic mass is 10.3. The molecule has 0 aliphatic carbocycles. The summed E-state index contributed by atoms with van der Waals surface area (Å²) < 4.78 is 11.0. The van der Waals surface area contributed by atoms with E-state index in [1.165, 1.54) is 6.33 Å². The number of hydrogen-bond donors (Lipinski definition) is 2. The van der Waals surface area contributed by atoms with E-state index in [2.05, 4.69) is 20.3 Å². The van der Waals surface area contributed by atoms with Crippen molar-refractivity contribution in [1.82, 2.24) is 15.0 Å². The van der Waals surface area contributed by atoms with Gasteiger partial charge in [0.25, 0.3) is 0 Å². The smallest absolute Gasteiger partial charge is 0.248 e. The number of aromatic nitrogens is 3. The van der Waals surface area contributed by atoms with Crippen molar-refractivity contribution < 1.29 is 9.47 Å². The molecule has 122 valence electrons. The van der Waals surface area contributed by atoms with Gasteiger partial charge in [-0.1, -0.05) is 12.1 Å². The number of aryl methyl sites for hydroxylation is 1. The molecule has 0 radical (unpaired) electrons. The summed E-state index contributed by atoms with van der Waals surface area (Å²) in [6.45, 7) is 1.98. The van der Waals surface area contributed by atoms with Gasteiger partial charge in [0.2, 0.25) is 5.88 Å². The lowest BCUT2D eigenvalue weighted by Crippen LogP contribution is -2.04. The van der Waals surface area contributed by atoms with E-state index < -0.39 is 0 Å². The van der Waals surface area contributed by atoms with Crippen LogP contribution in [0.3, 0.4) is 0 Å². The molecule has 0 bridgehead atoms. The molecule has 7 nitrogen and oxygen atoms in total. The Bertz CT molecular complexity index is 854. The fourth-order valence-corrected chi connectivity index (χ4v) is 2.09. The van der Waals surface area contributed by atoms with Gasteiger partial charge in [-0.15, -0.1) is 0 Å². The van der Waals surface area contributed by atoms with Crippen LogP contribution in [0.5, 0.6) is 17.4 Å². The molecule has 0 amide bonds. The standard InChI is InChI=1S/C17H17N5O2/c1-11-7-8-19-14(9-11)22-16-15(18)17(21-10-20-16)24-13-6-4-3-5-12(13)23-2/h3-10H,18H2,1-2H3,(H,19,20,21,22). The van der Waals surface area contributed by atoms with Crippen LogP contribution in [-0.4, -0.2) is 22.1 Å². The first kappa shape index (κ1) is 15.5. The third-order valence-corrected chi connectivity index (χ3v) is 3.28. The van der Waals surface area contributed by atoms with Gasteiger partial charge in [0.15, 0.2) is 17.3 Å². The molecule has 0 saturated heterocycles. The fourth-order valence-electron chi connectivity index (χ4n) is 2.09. The minimum absolute atomic E-state index is 0.240. The number of methoxy groups -OCH3 is 1. The second kappa shape index (κ2) is 6.82. The quantitative estimate of drug-likeness (QED) is 0.743. The Morgan fingerprint density at radius 1 is 1.04 bits per heavy atom. The molecule has 0 saturated carbocycles. The molecule has 0 spiro atoms. The average Bonchev–Trinajstić information content (AvgIpc) is 2.59. The van der Waals surface area contributed by atoms with Gasteiger partial charge in [0, 0.05) is 6.20 Å². The van der Waals surface area contributed by atoms with E-state index in [4.69, 9.17) is 15.2 Å². The van der Waals surface area contributed by atoms with Crippen molar-refractivity contribution in [2.24, 2.45) is 0 Å². The predicted molar refractivity (Wildman–Crippen MR) is 91.8 cm³/mol. The van der Waals surface area contributed by atoms with Crippen LogP contribution in [0.2, 0.25) is 0 Å². The van der Waals surface area contributed by atoms with Crippen LogP contribution in [0.1, 0.15) is 5.56 Å². The summed E-state index contributed by atoms with van der Waals surface area (Å²) in [5.74, 6) is 2.41. The molecule has 3 rings (SSSR count). The van der Waals surface area contributed by atoms with Gasteiger partial charge in [-0.25, -0.2) is 9.97 Å². The van der Waals surface area contributed by atoms with Crippen molar-refractivity contribution >= 4 is 17.3 Å². The summed E-state index contributed by atoms with van der Waals surface area (Å²) in [5.41, 5.74) is 7.49. The highest BCUT2D eigenvalue weighted by Crippen LogP contribution is 2.34. The van der Waals surface area contributed by atoms with Crippen LogP contribution in [0.25, 0.3) is 0 Å². The minimum atomic E-state index is 0.240. The average molecular weight is 323 g/mol. The monoisotopic (exact) mass is 323 g/mol. The first-order valence-electron chi connectivity index (χ1n) is 7.28. The molecule has 0 aliphatic rings. The van der Waals surface area contributed by atoms with Crippen LogP contribution < -0.4 is 20.5 Å². The topological polar surface area (TPSA) is 95.2 Å². The molecule has 1 aromatic carbocycles. The zero-order valence-electron chi connectivity index (χ0n) is 13.4. The van der Waals surface area contributed by atoms with E-state index in [-0.39, 0.29) is 11.6 Å². The maximum absolute atomic E-state index is 6.13. The number of anilines is 3.